The van der Waals surface area contributed by atoms with E-state index in [-0.39, 0.29) is 11.3 Å². The third-order valence-electron chi connectivity index (χ3n) is 2.49. The molecule has 1 aromatic rings. The number of hydrogen-bond donors (Lipinski definition) is 3. The van der Waals surface area contributed by atoms with Gasteiger partial charge in [-0.2, -0.15) is 0 Å². The number of hydrazine groups is 1. The highest BCUT2D eigenvalue weighted by Crippen LogP contribution is 2.17. The van der Waals surface area contributed by atoms with Crippen molar-refractivity contribution in [2.75, 3.05) is 12.0 Å². The average Bonchev–Trinajstić information content (AvgIpc) is 2.27. The summed E-state index contributed by atoms with van der Waals surface area (Å²) < 4.78 is 0. The first-order valence-electron chi connectivity index (χ1n) is 5.78. The van der Waals surface area contributed by atoms with Crippen molar-refractivity contribution in [1.29, 1.82) is 0 Å². The number of para-hydroxylation sites is 1. The average molecular weight is 235 g/mol. The molecule has 0 saturated carbocycles. The molecule has 1 aromatic carbocycles. The molecule has 4 N–H and O–H groups in total. The zero-order chi connectivity index (χ0) is 12.9. The number of anilines is 1. The van der Waals surface area contributed by atoms with E-state index < -0.39 is 0 Å². The Hall–Kier alpha value is -1.55. The van der Waals surface area contributed by atoms with Crippen molar-refractivity contribution in [3.05, 3.63) is 29.8 Å². The number of nitrogen functional groups attached to an aromatic ring is 1. The van der Waals surface area contributed by atoms with Crippen LogP contribution in [0.5, 0.6) is 0 Å². The molecule has 0 aromatic heterocycles. The van der Waals surface area contributed by atoms with Gasteiger partial charge in [0.25, 0.3) is 5.91 Å². The Labute approximate surface area is 103 Å². The lowest BCUT2D eigenvalue weighted by molar-refractivity contribution is 0.0950. The molecule has 0 radical (unpaired) electrons. The van der Waals surface area contributed by atoms with Crippen molar-refractivity contribution in [1.82, 2.24) is 5.32 Å². The molecule has 0 fully saturated rings. The third kappa shape index (κ3) is 4.44. The maximum absolute atomic E-state index is 11.9. The fourth-order valence-corrected chi connectivity index (χ4v) is 1.45. The molecule has 1 amide bonds. The molecular formula is C13H21N3O. The lowest BCUT2D eigenvalue weighted by atomic mass is 9.92. The zero-order valence-corrected chi connectivity index (χ0v) is 10.7. The quantitative estimate of drug-likeness (QED) is 0.553. The summed E-state index contributed by atoms with van der Waals surface area (Å²) in [5.74, 6) is 5.26. The van der Waals surface area contributed by atoms with Gasteiger partial charge in [0.2, 0.25) is 0 Å². The van der Waals surface area contributed by atoms with E-state index in [0.717, 1.165) is 6.42 Å². The summed E-state index contributed by atoms with van der Waals surface area (Å²) in [7, 11) is 0. The van der Waals surface area contributed by atoms with Gasteiger partial charge in [-0.05, 0) is 24.0 Å². The second kappa shape index (κ2) is 5.68. The van der Waals surface area contributed by atoms with Crippen LogP contribution in [0.1, 0.15) is 37.6 Å². The summed E-state index contributed by atoms with van der Waals surface area (Å²) in [6.07, 6.45) is 0.941. The van der Waals surface area contributed by atoms with Crippen molar-refractivity contribution < 1.29 is 4.79 Å². The minimum absolute atomic E-state index is 0.0946. The number of hydrogen-bond acceptors (Lipinski definition) is 3. The Morgan fingerprint density at radius 1 is 1.29 bits per heavy atom. The van der Waals surface area contributed by atoms with Gasteiger partial charge in [-0.25, -0.2) is 0 Å². The summed E-state index contributed by atoms with van der Waals surface area (Å²) in [4.78, 5) is 11.9. The summed E-state index contributed by atoms with van der Waals surface area (Å²) in [5, 5.41) is 2.90. The number of amides is 1. The highest BCUT2D eigenvalue weighted by Gasteiger charge is 2.13. The summed E-state index contributed by atoms with van der Waals surface area (Å²) in [6, 6.07) is 7.18. The Balaban J connectivity index is 2.58. The van der Waals surface area contributed by atoms with Crippen LogP contribution in [-0.2, 0) is 0 Å². The number of rotatable bonds is 4. The van der Waals surface area contributed by atoms with E-state index >= 15 is 0 Å². The second-order valence-electron chi connectivity index (χ2n) is 5.26. The van der Waals surface area contributed by atoms with Crippen molar-refractivity contribution in [3.63, 3.8) is 0 Å². The lowest BCUT2D eigenvalue weighted by Crippen LogP contribution is -2.28. The van der Waals surface area contributed by atoms with E-state index in [1.165, 1.54) is 0 Å². The Morgan fingerprint density at radius 3 is 2.53 bits per heavy atom. The third-order valence-corrected chi connectivity index (χ3v) is 2.49. The highest BCUT2D eigenvalue weighted by molar-refractivity contribution is 5.99. The topological polar surface area (TPSA) is 67.2 Å². The normalized spacial score (nSPS) is 11.1. The molecule has 0 atom stereocenters. The van der Waals surface area contributed by atoms with E-state index in [4.69, 9.17) is 5.84 Å². The van der Waals surface area contributed by atoms with Gasteiger partial charge in [0.1, 0.15) is 0 Å². The Morgan fingerprint density at radius 2 is 1.94 bits per heavy atom. The van der Waals surface area contributed by atoms with Crippen LogP contribution in [0.4, 0.5) is 5.69 Å². The minimum atomic E-state index is -0.0946. The number of benzene rings is 1. The molecule has 0 heterocycles. The predicted molar refractivity (Wildman–Crippen MR) is 70.7 cm³/mol. The SMILES string of the molecule is CC(C)(C)CCNC(=O)c1ccccc1NN. The maximum atomic E-state index is 11.9. The van der Waals surface area contributed by atoms with Crippen LogP contribution in [0.25, 0.3) is 0 Å². The lowest BCUT2D eigenvalue weighted by Gasteiger charge is -2.18. The first-order valence-corrected chi connectivity index (χ1v) is 5.78. The Bertz CT molecular complexity index is 382. The van der Waals surface area contributed by atoms with Crippen LogP contribution in [-0.4, -0.2) is 12.5 Å². The summed E-state index contributed by atoms with van der Waals surface area (Å²) in [5.41, 5.74) is 3.96. The van der Waals surface area contributed by atoms with E-state index in [9.17, 15) is 4.79 Å². The number of carbonyl (C=O) groups is 1. The fraction of sp³-hybridized carbons (Fsp3) is 0.462. The van der Waals surface area contributed by atoms with Gasteiger partial charge in [-0.3, -0.25) is 10.6 Å². The molecule has 1 rings (SSSR count). The van der Waals surface area contributed by atoms with Crippen molar-refractivity contribution in [2.24, 2.45) is 11.3 Å². The van der Waals surface area contributed by atoms with Crippen molar-refractivity contribution >= 4 is 11.6 Å². The molecule has 0 saturated heterocycles. The van der Waals surface area contributed by atoms with E-state index in [1.54, 1.807) is 12.1 Å². The largest absolute Gasteiger partial charge is 0.352 e. The minimum Gasteiger partial charge on any atom is -0.352 e. The molecular weight excluding hydrogens is 214 g/mol. The fourth-order valence-electron chi connectivity index (χ4n) is 1.45. The molecule has 0 unspecified atom stereocenters. The molecule has 0 aliphatic heterocycles. The van der Waals surface area contributed by atoms with Crippen LogP contribution in [0.15, 0.2) is 24.3 Å². The monoisotopic (exact) mass is 235 g/mol. The molecule has 0 aliphatic rings. The van der Waals surface area contributed by atoms with Gasteiger partial charge in [0, 0.05) is 6.54 Å². The van der Waals surface area contributed by atoms with Crippen molar-refractivity contribution in [2.45, 2.75) is 27.2 Å². The highest BCUT2D eigenvalue weighted by atomic mass is 16.1. The van der Waals surface area contributed by atoms with Crippen LogP contribution in [0, 0.1) is 5.41 Å². The zero-order valence-electron chi connectivity index (χ0n) is 10.7. The standard InChI is InChI=1S/C13H21N3O/c1-13(2,3)8-9-15-12(17)10-6-4-5-7-11(10)16-14/h4-7,16H,8-9,14H2,1-3H3,(H,15,17). The Kier molecular flexibility index (Phi) is 4.52. The molecule has 0 aliphatic carbocycles. The van der Waals surface area contributed by atoms with Gasteiger partial charge in [-0.15, -0.1) is 0 Å². The maximum Gasteiger partial charge on any atom is 0.253 e. The predicted octanol–water partition coefficient (Wildman–Crippen LogP) is 2.14. The van der Waals surface area contributed by atoms with Crippen LogP contribution in [0.2, 0.25) is 0 Å². The number of carbonyl (C=O) groups excluding carboxylic acids is 1. The van der Waals surface area contributed by atoms with Gasteiger partial charge < -0.3 is 10.7 Å². The van der Waals surface area contributed by atoms with Crippen molar-refractivity contribution in [3.8, 4) is 0 Å². The molecule has 0 spiro atoms. The number of nitrogens with one attached hydrogen (secondary N) is 2. The van der Waals surface area contributed by atoms with Gasteiger partial charge in [-0.1, -0.05) is 32.9 Å². The van der Waals surface area contributed by atoms with E-state index in [1.807, 2.05) is 12.1 Å². The van der Waals surface area contributed by atoms with Gasteiger partial charge >= 0.3 is 0 Å². The van der Waals surface area contributed by atoms with Crippen LogP contribution < -0.4 is 16.6 Å². The van der Waals surface area contributed by atoms with Gasteiger partial charge in [0.15, 0.2) is 0 Å². The smallest absolute Gasteiger partial charge is 0.253 e. The van der Waals surface area contributed by atoms with E-state index in [2.05, 4.69) is 31.5 Å². The molecule has 94 valence electrons. The van der Waals surface area contributed by atoms with E-state index in [0.29, 0.717) is 17.8 Å². The summed E-state index contributed by atoms with van der Waals surface area (Å²) >= 11 is 0. The molecule has 4 nitrogen and oxygen atoms in total. The van der Waals surface area contributed by atoms with Gasteiger partial charge in [0.05, 0.1) is 11.3 Å². The summed E-state index contributed by atoms with van der Waals surface area (Å²) in [6.45, 7) is 7.11. The second-order valence-corrected chi connectivity index (χ2v) is 5.26. The van der Waals surface area contributed by atoms with Crippen LogP contribution in [0.3, 0.4) is 0 Å². The first-order chi connectivity index (χ1) is 7.94. The molecule has 0 bridgehead atoms. The molecule has 4 heteroatoms. The molecule has 17 heavy (non-hydrogen) atoms. The van der Waals surface area contributed by atoms with Crippen LogP contribution >= 0.6 is 0 Å². The first kappa shape index (κ1) is 13.5. The number of nitrogens with two attached hydrogens (primary N) is 1.